The van der Waals surface area contributed by atoms with Crippen LogP contribution in [0, 0.1) is 5.82 Å². The van der Waals surface area contributed by atoms with E-state index in [1.165, 1.54) is 30.3 Å². The molecule has 2 aromatic carbocycles. The van der Waals surface area contributed by atoms with E-state index in [1.54, 1.807) is 0 Å². The van der Waals surface area contributed by atoms with Crippen molar-refractivity contribution in [2.75, 3.05) is 5.01 Å². The van der Waals surface area contributed by atoms with Crippen LogP contribution in [0.2, 0.25) is 0 Å². The van der Waals surface area contributed by atoms with Crippen molar-refractivity contribution < 1.29 is 26.0 Å². The predicted molar refractivity (Wildman–Crippen MR) is 95.4 cm³/mol. The topological polar surface area (TPSA) is 102 Å². The Labute approximate surface area is 158 Å². The summed E-state index contributed by atoms with van der Waals surface area (Å²) < 4.78 is 76.9. The minimum absolute atomic E-state index is 0.0238. The van der Waals surface area contributed by atoms with Crippen LogP contribution in [0.5, 0.6) is 0 Å². The van der Waals surface area contributed by atoms with Gasteiger partial charge < -0.3 is 5.73 Å². The first-order valence-corrected chi connectivity index (χ1v) is 9.60. The SMILES string of the molecule is NCc1ccc(C2CC(C(F)(F)F)=NN2c2ccc(S(N)(=O)=O)cc2)c(F)c1. The normalized spacial score (nSPS) is 17.7. The molecular formula is C17H16F4N4O2S. The molecule has 3 rings (SSSR count). The highest BCUT2D eigenvalue weighted by molar-refractivity contribution is 7.89. The van der Waals surface area contributed by atoms with Crippen LogP contribution in [0.25, 0.3) is 0 Å². The minimum atomic E-state index is -4.68. The number of nitrogens with zero attached hydrogens (tertiary/aromatic N) is 2. The number of benzene rings is 2. The van der Waals surface area contributed by atoms with Gasteiger partial charge in [-0.3, -0.25) is 5.01 Å². The maximum Gasteiger partial charge on any atom is 0.431 e. The molecule has 1 heterocycles. The molecule has 0 aliphatic carbocycles. The van der Waals surface area contributed by atoms with Crippen molar-refractivity contribution in [2.45, 2.75) is 30.1 Å². The molecule has 0 spiro atoms. The highest BCUT2D eigenvalue weighted by Crippen LogP contribution is 2.40. The maximum atomic E-state index is 14.5. The van der Waals surface area contributed by atoms with Gasteiger partial charge in [-0.15, -0.1) is 0 Å². The van der Waals surface area contributed by atoms with E-state index in [4.69, 9.17) is 10.9 Å². The van der Waals surface area contributed by atoms with Crippen LogP contribution >= 0.6 is 0 Å². The van der Waals surface area contributed by atoms with Crippen LogP contribution in [0.3, 0.4) is 0 Å². The average Bonchev–Trinajstić information content (AvgIpc) is 3.06. The lowest BCUT2D eigenvalue weighted by atomic mass is 9.99. The molecule has 4 N–H and O–H groups in total. The Morgan fingerprint density at radius 3 is 2.29 bits per heavy atom. The largest absolute Gasteiger partial charge is 0.431 e. The lowest BCUT2D eigenvalue weighted by molar-refractivity contribution is -0.0600. The van der Waals surface area contributed by atoms with Gasteiger partial charge >= 0.3 is 6.18 Å². The van der Waals surface area contributed by atoms with Crippen LogP contribution in [0.15, 0.2) is 52.5 Å². The Kier molecular flexibility index (Phi) is 5.17. The van der Waals surface area contributed by atoms with Crippen molar-refractivity contribution in [3.8, 4) is 0 Å². The van der Waals surface area contributed by atoms with E-state index in [0.29, 0.717) is 5.56 Å². The predicted octanol–water partition coefficient (Wildman–Crippen LogP) is 2.80. The first-order valence-electron chi connectivity index (χ1n) is 8.06. The van der Waals surface area contributed by atoms with Crippen LogP contribution < -0.4 is 15.9 Å². The van der Waals surface area contributed by atoms with Gasteiger partial charge in [0.25, 0.3) is 0 Å². The van der Waals surface area contributed by atoms with E-state index in [2.05, 4.69) is 5.10 Å². The Morgan fingerprint density at radius 2 is 1.79 bits per heavy atom. The van der Waals surface area contributed by atoms with Crippen LogP contribution in [0.1, 0.15) is 23.6 Å². The monoisotopic (exact) mass is 416 g/mol. The molecule has 1 unspecified atom stereocenters. The van der Waals surface area contributed by atoms with E-state index in [-0.39, 0.29) is 22.7 Å². The van der Waals surface area contributed by atoms with Crippen LogP contribution in [-0.2, 0) is 16.6 Å². The molecule has 1 atom stereocenters. The van der Waals surface area contributed by atoms with Crippen molar-refractivity contribution in [1.82, 2.24) is 0 Å². The van der Waals surface area contributed by atoms with Gasteiger partial charge in [-0.25, -0.2) is 17.9 Å². The van der Waals surface area contributed by atoms with Crippen LogP contribution in [0.4, 0.5) is 23.2 Å². The minimum Gasteiger partial charge on any atom is -0.326 e. The van der Waals surface area contributed by atoms with E-state index in [0.717, 1.165) is 17.1 Å². The van der Waals surface area contributed by atoms with Crippen molar-refractivity contribution in [1.29, 1.82) is 0 Å². The number of sulfonamides is 1. The first-order chi connectivity index (χ1) is 13.0. The average molecular weight is 416 g/mol. The van der Waals surface area contributed by atoms with Gasteiger partial charge in [-0.2, -0.15) is 18.3 Å². The molecule has 11 heteroatoms. The Morgan fingerprint density at radius 1 is 1.14 bits per heavy atom. The lowest BCUT2D eigenvalue weighted by Crippen LogP contribution is -2.22. The standard InChI is InChI=1S/C17H16F4N4O2S/c18-14-7-10(9-22)1-6-13(14)15-8-16(17(19,20)21)24-25(15)11-2-4-12(5-3-11)28(23,26)27/h1-7,15H,8-9,22H2,(H2,23,26,27). The maximum absolute atomic E-state index is 14.5. The molecule has 0 fully saturated rings. The summed E-state index contributed by atoms with van der Waals surface area (Å²) in [6, 6.07) is 7.86. The van der Waals surface area contributed by atoms with Crippen molar-refractivity contribution in [3.63, 3.8) is 0 Å². The van der Waals surface area contributed by atoms with Crippen LogP contribution in [-0.4, -0.2) is 20.3 Å². The fraction of sp³-hybridized carbons (Fsp3) is 0.235. The Hall–Kier alpha value is -2.50. The number of primary sulfonamides is 1. The summed E-state index contributed by atoms with van der Waals surface area (Å²) in [6.07, 6.45) is -5.24. The van der Waals surface area contributed by atoms with Gasteiger partial charge in [0.2, 0.25) is 10.0 Å². The number of halogens is 4. The third-order valence-electron chi connectivity index (χ3n) is 4.33. The molecule has 6 nitrogen and oxygen atoms in total. The van der Waals surface area contributed by atoms with Crippen molar-refractivity contribution in [3.05, 3.63) is 59.4 Å². The molecule has 0 amide bonds. The zero-order chi connectivity index (χ0) is 20.7. The summed E-state index contributed by atoms with van der Waals surface area (Å²) in [4.78, 5) is -0.203. The molecule has 1 aliphatic rings. The molecule has 1 aliphatic heterocycles. The first kappa shape index (κ1) is 20.2. The van der Waals surface area contributed by atoms with Gasteiger partial charge in [0.15, 0.2) is 0 Å². The molecule has 2 aromatic rings. The highest BCUT2D eigenvalue weighted by atomic mass is 32.2. The number of nitrogens with two attached hydrogens (primary N) is 2. The third-order valence-corrected chi connectivity index (χ3v) is 5.26. The second-order valence-corrected chi connectivity index (χ2v) is 7.77. The van der Waals surface area contributed by atoms with Gasteiger partial charge in [-0.1, -0.05) is 12.1 Å². The number of hydrogen-bond acceptors (Lipinski definition) is 5. The second-order valence-electron chi connectivity index (χ2n) is 6.21. The zero-order valence-electron chi connectivity index (χ0n) is 14.3. The smallest absolute Gasteiger partial charge is 0.326 e. The molecular weight excluding hydrogens is 400 g/mol. The Balaban J connectivity index is 2.04. The number of anilines is 1. The fourth-order valence-electron chi connectivity index (χ4n) is 2.92. The molecule has 0 aromatic heterocycles. The number of hydrogen-bond donors (Lipinski definition) is 2. The number of alkyl halides is 3. The molecule has 0 bridgehead atoms. The highest BCUT2D eigenvalue weighted by Gasteiger charge is 2.44. The molecule has 0 saturated heterocycles. The quantitative estimate of drug-likeness (QED) is 0.749. The molecule has 150 valence electrons. The van der Waals surface area contributed by atoms with E-state index in [1.807, 2.05) is 0 Å². The number of rotatable bonds is 4. The summed E-state index contributed by atoms with van der Waals surface area (Å²) in [6.45, 7) is 0.0882. The lowest BCUT2D eigenvalue weighted by Gasteiger charge is -2.24. The summed E-state index contributed by atoms with van der Waals surface area (Å²) in [5.74, 6) is -0.697. The zero-order valence-corrected chi connectivity index (χ0v) is 15.1. The molecule has 0 saturated carbocycles. The summed E-state index contributed by atoms with van der Waals surface area (Å²) in [5.41, 5.74) is 5.09. The van der Waals surface area contributed by atoms with Gasteiger partial charge in [0, 0.05) is 18.5 Å². The summed E-state index contributed by atoms with van der Waals surface area (Å²) >= 11 is 0. The van der Waals surface area contributed by atoms with E-state index in [9.17, 15) is 26.0 Å². The van der Waals surface area contributed by atoms with E-state index >= 15 is 0 Å². The Bertz CT molecular complexity index is 1020. The van der Waals surface area contributed by atoms with Gasteiger partial charge in [0.05, 0.1) is 16.6 Å². The summed E-state index contributed by atoms with van der Waals surface area (Å²) in [7, 11) is -3.96. The van der Waals surface area contributed by atoms with E-state index < -0.39 is 40.2 Å². The van der Waals surface area contributed by atoms with Gasteiger partial charge in [-0.05, 0) is 35.9 Å². The fourth-order valence-corrected chi connectivity index (χ4v) is 3.43. The summed E-state index contributed by atoms with van der Waals surface area (Å²) in [5, 5.41) is 9.67. The second kappa shape index (κ2) is 7.15. The van der Waals surface area contributed by atoms with Crippen molar-refractivity contribution >= 4 is 21.4 Å². The molecule has 0 radical (unpaired) electrons. The van der Waals surface area contributed by atoms with Gasteiger partial charge in [0.1, 0.15) is 11.5 Å². The van der Waals surface area contributed by atoms with Crippen molar-refractivity contribution in [2.24, 2.45) is 16.0 Å². The molecule has 28 heavy (non-hydrogen) atoms. The third kappa shape index (κ3) is 4.01. The number of hydrazone groups is 1.